The molecule has 0 unspecified atom stereocenters. The van der Waals surface area contributed by atoms with E-state index in [0.29, 0.717) is 11.5 Å². The molecule has 3 rings (SSSR count). The summed E-state index contributed by atoms with van der Waals surface area (Å²) in [6.45, 7) is 4.04. The molecule has 102 valence electrons. The van der Waals surface area contributed by atoms with E-state index in [9.17, 15) is 5.26 Å². The van der Waals surface area contributed by atoms with E-state index in [1.165, 1.54) is 4.88 Å². The van der Waals surface area contributed by atoms with E-state index in [-0.39, 0.29) is 11.8 Å². The van der Waals surface area contributed by atoms with Gasteiger partial charge in [-0.1, -0.05) is 6.92 Å². The lowest BCUT2D eigenvalue weighted by atomic mass is 9.89. The second-order valence-corrected chi connectivity index (χ2v) is 5.85. The van der Waals surface area contributed by atoms with Crippen LogP contribution in [-0.4, -0.2) is 10.2 Å². The molecule has 0 saturated heterocycles. The minimum absolute atomic E-state index is 0.142. The van der Waals surface area contributed by atoms with Gasteiger partial charge in [-0.05, 0) is 25.5 Å². The van der Waals surface area contributed by atoms with Crippen LogP contribution in [0.25, 0.3) is 0 Å². The Bertz CT molecular complexity index is 735. The molecule has 20 heavy (non-hydrogen) atoms. The highest BCUT2D eigenvalue weighted by atomic mass is 32.1. The number of hydrogen-bond acceptors (Lipinski definition) is 5. The Kier molecular flexibility index (Phi) is 2.99. The topological polar surface area (TPSA) is 87.7 Å². The van der Waals surface area contributed by atoms with Gasteiger partial charge in [-0.2, -0.15) is 5.26 Å². The fourth-order valence-electron chi connectivity index (χ4n) is 2.42. The van der Waals surface area contributed by atoms with Crippen LogP contribution in [0.5, 0.6) is 5.88 Å². The number of H-pyrrole nitrogens is 1. The summed E-state index contributed by atoms with van der Waals surface area (Å²) in [5, 5.41) is 16.4. The monoisotopic (exact) mass is 286 g/mol. The number of aromatic nitrogens is 2. The van der Waals surface area contributed by atoms with Gasteiger partial charge in [0, 0.05) is 15.4 Å². The number of nitrogens with one attached hydrogen (secondary N) is 1. The van der Waals surface area contributed by atoms with E-state index in [1.807, 2.05) is 6.92 Å². The molecule has 6 heteroatoms. The fraction of sp³-hybridized carbons (Fsp3) is 0.286. The lowest BCUT2D eigenvalue weighted by molar-refractivity contribution is 0.379. The van der Waals surface area contributed by atoms with E-state index in [2.05, 4.69) is 35.3 Å². The lowest BCUT2D eigenvalue weighted by Crippen LogP contribution is -2.20. The normalized spacial score (nSPS) is 17.6. The summed E-state index contributed by atoms with van der Waals surface area (Å²) in [5.74, 6) is 0.422. The Morgan fingerprint density at radius 2 is 2.35 bits per heavy atom. The van der Waals surface area contributed by atoms with Crippen molar-refractivity contribution in [2.45, 2.75) is 26.2 Å². The van der Waals surface area contributed by atoms with E-state index in [0.717, 1.165) is 22.6 Å². The maximum Gasteiger partial charge on any atom is 0.244 e. The molecule has 0 spiro atoms. The first-order valence-corrected chi connectivity index (χ1v) is 7.18. The van der Waals surface area contributed by atoms with Gasteiger partial charge in [0.05, 0.1) is 11.5 Å². The van der Waals surface area contributed by atoms with Crippen molar-refractivity contribution in [1.82, 2.24) is 10.2 Å². The third-order valence-corrected chi connectivity index (χ3v) is 4.74. The van der Waals surface area contributed by atoms with Gasteiger partial charge in [-0.15, -0.1) is 16.4 Å². The van der Waals surface area contributed by atoms with Gasteiger partial charge >= 0.3 is 0 Å². The Morgan fingerprint density at radius 1 is 1.55 bits per heavy atom. The minimum Gasteiger partial charge on any atom is -0.420 e. The minimum atomic E-state index is -0.187. The molecule has 2 aromatic heterocycles. The predicted octanol–water partition coefficient (Wildman–Crippen LogP) is 2.56. The third-order valence-electron chi connectivity index (χ3n) is 3.44. The number of nitrogens with two attached hydrogens (primary N) is 1. The van der Waals surface area contributed by atoms with Crippen molar-refractivity contribution in [1.29, 1.82) is 5.26 Å². The van der Waals surface area contributed by atoms with Gasteiger partial charge in [0.25, 0.3) is 0 Å². The number of aromatic amines is 1. The summed E-state index contributed by atoms with van der Waals surface area (Å²) in [5.41, 5.74) is 8.12. The Hall–Kier alpha value is -2.26. The number of ether oxygens (including phenoxy) is 1. The summed E-state index contributed by atoms with van der Waals surface area (Å²) >= 11 is 1.70. The molecule has 0 radical (unpaired) electrons. The molecular formula is C14H14N4OS. The molecule has 0 amide bonds. The van der Waals surface area contributed by atoms with Crippen molar-refractivity contribution in [2.75, 3.05) is 0 Å². The van der Waals surface area contributed by atoms with Crippen molar-refractivity contribution in [2.24, 2.45) is 5.73 Å². The number of hydrogen-bond donors (Lipinski definition) is 2. The van der Waals surface area contributed by atoms with Crippen molar-refractivity contribution in [3.05, 3.63) is 44.6 Å². The molecule has 1 atom stereocenters. The van der Waals surface area contributed by atoms with Crippen LogP contribution < -0.4 is 10.5 Å². The van der Waals surface area contributed by atoms with Crippen LogP contribution >= 0.6 is 11.3 Å². The van der Waals surface area contributed by atoms with Gasteiger partial charge in [0.2, 0.25) is 11.8 Å². The zero-order valence-corrected chi connectivity index (χ0v) is 12.0. The first-order chi connectivity index (χ1) is 9.65. The summed E-state index contributed by atoms with van der Waals surface area (Å²) in [6.07, 6.45) is 0.978. The number of allylic oxidation sites excluding steroid dienone is 1. The van der Waals surface area contributed by atoms with Crippen LogP contribution in [0.15, 0.2) is 23.6 Å². The standard InChI is InChI=1S/C14H14N4OS/c1-3-8-4-5-10(20-8)12-9(6-15)13(16)19-14-11(12)7(2)17-18-14/h4-5,12H,3,16H2,1-2H3,(H,17,18)/t12-/m0/s1. The molecule has 3 heterocycles. The number of thiophene rings is 1. The van der Waals surface area contributed by atoms with E-state index < -0.39 is 0 Å². The average molecular weight is 286 g/mol. The van der Waals surface area contributed by atoms with Gasteiger partial charge < -0.3 is 10.5 Å². The maximum absolute atomic E-state index is 9.42. The van der Waals surface area contributed by atoms with Crippen LogP contribution in [0.4, 0.5) is 0 Å². The highest BCUT2D eigenvalue weighted by Crippen LogP contribution is 2.44. The molecule has 2 aromatic rings. The molecule has 1 aliphatic heterocycles. The van der Waals surface area contributed by atoms with Gasteiger partial charge in [0.15, 0.2) is 0 Å². The van der Waals surface area contributed by atoms with Gasteiger partial charge in [0.1, 0.15) is 11.6 Å². The average Bonchev–Trinajstić information content (AvgIpc) is 3.05. The zero-order chi connectivity index (χ0) is 14.3. The van der Waals surface area contributed by atoms with Crippen molar-refractivity contribution in [3.63, 3.8) is 0 Å². The first kappa shape index (κ1) is 12.8. The molecule has 3 N–H and O–H groups in total. The smallest absolute Gasteiger partial charge is 0.244 e. The fourth-order valence-corrected chi connectivity index (χ4v) is 3.50. The summed E-state index contributed by atoms with van der Waals surface area (Å²) in [6, 6.07) is 6.33. The van der Waals surface area contributed by atoms with E-state index in [1.54, 1.807) is 11.3 Å². The third kappa shape index (κ3) is 1.79. The molecule has 0 aliphatic carbocycles. The number of fused-ring (bicyclic) bond motifs is 1. The second-order valence-electron chi connectivity index (χ2n) is 4.65. The SMILES string of the molecule is CCc1ccc([C@@H]2C(C#N)=C(N)Oc3n[nH]c(C)c32)s1. The number of nitrogens with zero attached hydrogens (tertiary/aromatic N) is 2. The Labute approximate surface area is 120 Å². The molecule has 0 aromatic carbocycles. The molecule has 0 saturated carbocycles. The quantitative estimate of drug-likeness (QED) is 0.888. The maximum atomic E-state index is 9.42. The van der Waals surface area contributed by atoms with Gasteiger partial charge in [-0.25, -0.2) is 0 Å². The van der Waals surface area contributed by atoms with Crippen LogP contribution in [0.2, 0.25) is 0 Å². The zero-order valence-electron chi connectivity index (χ0n) is 11.2. The van der Waals surface area contributed by atoms with Crippen LogP contribution in [0, 0.1) is 18.3 Å². The summed E-state index contributed by atoms with van der Waals surface area (Å²) in [7, 11) is 0. The van der Waals surface area contributed by atoms with Crippen LogP contribution in [-0.2, 0) is 6.42 Å². The van der Waals surface area contributed by atoms with Gasteiger partial charge in [-0.3, -0.25) is 5.10 Å². The first-order valence-electron chi connectivity index (χ1n) is 6.36. The van der Waals surface area contributed by atoms with E-state index >= 15 is 0 Å². The highest BCUT2D eigenvalue weighted by Gasteiger charge is 2.34. The molecule has 5 nitrogen and oxygen atoms in total. The van der Waals surface area contributed by atoms with Crippen molar-refractivity contribution >= 4 is 11.3 Å². The van der Waals surface area contributed by atoms with E-state index in [4.69, 9.17) is 10.5 Å². The van der Waals surface area contributed by atoms with Crippen molar-refractivity contribution < 1.29 is 4.74 Å². The van der Waals surface area contributed by atoms with Crippen LogP contribution in [0.1, 0.15) is 33.9 Å². The largest absolute Gasteiger partial charge is 0.420 e. The number of aryl methyl sites for hydroxylation is 2. The number of rotatable bonds is 2. The van der Waals surface area contributed by atoms with Crippen LogP contribution in [0.3, 0.4) is 0 Å². The Morgan fingerprint density at radius 3 is 3.00 bits per heavy atom. The lowest BCUT2D eigenvalue weighted by Gasteiger charge is -2.22. The molecule has 1 aliphatic rings. The second kappa shape index (κ2) is 4.69. The molecule has 0 fully saturated rings. The molecule has 0 bridgehead atoms. The Balaban J connectivity index is 2.19. The number of nitriles is 1. The summed E-state index contributed by atoms with van der Waals surface area (Å²) < 4.78 is 5.44. The predicted molar refractivity (Wildman–Crippen MR) is 76.3 cm³/mol. The summed E-state index contributed by atoms with van der Waals surface area (Å²) in [4.78, 5) is 2.38. The van der Waals surface area contributed by atoms with Crippen molar-refractivity contribution in [3.8, 4) is 11.9 Å². The molecular weight excluding hydrogens is 272 g/mol. The highest BCUT2D eigenvalue weighted by molar-refractivity contribution is 7.12.